The molecule has 1 amide bonds. The van der Waals surface area contributed by atoms with E-state index in [1.54, 1.807) is 0 Å². The zero-order valence-corrected chi connectivity index (χ0v) is 19.5. The number of piperazine rings is 1. The number of H-pyrrole nitrogens is 1. The average Bonchev–Trinajstić information content (AvgIpc) is 3.53. The van der Waals surface area contributed by atoms with Crippen LogP contribution in [0.25, 0.3) is 22.8 Å². The van der Waals surface area contributed by atoms with Gasteiger partial charge in [-0.3, -0.25) is 9.36 Å². The first kappa shape index (κ1) is 23.6. The van der Waals surface area contributed by atoms with E-state index in [2.05, 4.69) is 37.1 Å². The van der Waals surface area contributed by atoms with E-state index in [1.165, 1.54) is 30.5 Å². The molecule has 0 aliphatic carbocycles. The van der Waals surface area contributed by atoms with Gasteiger partial charge >= 0.3 is 6.55 Å². The molecular formula is C25H24F3N7O. The molecule has 0 unspecified atom stereocenters. The van der Waals surface area contributed by atoms with Crippen molar-refractivity contribution >= 4 is 17.3 Å². The summed E-state index contributed by atoms with van der Waals surface area (Å²) in [6.45, 7) is 0.979. The summed E-state index contributed by atoms with van der Waals surface area (Å²) in [7, 11) is 2.10. The predicted molar refractivity (Wildman–Crippen MR) is 131 cm³/mol. The van der Waals surface area contributed by atoms with Crippen LogP contribution in [0.15, 0.2) is 61.1 Å². The summed E-state index contributed by atoms with van der Waals surface area (Å²) in [6, 6.07) is 12.9. The molecule has 0 spiro atoms. The Balaban J connectivity index is 1.34. The van der Waals surface area contributed by atoms with Crippen LogP contribution in [-0.2, 0) is 0 Å². The number of rotatable bonds is 6. The van der Waals surface area contributed by atoms with Gasteiger partial charge in [0.2, 0.25) is 0 Å². The van der Waals surface area contributed by atoms with Gasteiger partial charge in [-0.1, -0.05) is 0 Å². The number of nitrogens with one attached hydrogen (secondary N) is 2. The molecule has 1 aliphatic heterocycles. The Morgan fingerprint density at radius 2 is 1.69 bits per heavy atom. The van der Waals surface area contributed by atoms with Crippen molar-refractivity contribution in [3.05, 3.63) is 72.6 Å². The van der Waals surface area contributed by atoms with Crippen LogP contribution in [0.5, 0.6) is 0 Å². The number of benzene rings is 2. The molecule has 0 radical (unpaired) electrons. The smallest absolute Gasteiger partial charge is 0.320 e. The van der Waals surface area contributed by atoms with E-state index >= 15 is 0 Å². The number of halogens is 3. The summed E-state index contributed by atoms with van der Waals surface area (Å²) in [5.74, 6) is -0.877. The topological polar surface area (TPSA) is 82.1 Å². The van der Waals surface area contributed by atoms with Crippen molar-refractivity contribution in [3.8, 4) is 22.8 Å². The van der Waals surface area contributed by atoms with E-state index < -0.39 is 18.3 Å². The van der Waals surface area contributed by atoms with Gasteiger partial charge in [-0.15, -0.1) is 0 Å². The Kier molecular flexibility index (Phi) is 6.47. The normalized spacial score (nSPS) is 14.4. The third-order valence-electron chi connectivity index (χ3n) is 6.16. The Hall–Kier alpha value is -4.12. The van der Waals surface area contributed by atoms with Gasteiger partial charge < -0.3 is 20.1 Å². The molecule has 0 atom stereocenters. The molecule has 186 valence electrons. The Morgan fingerprint density at radius 1 is 1.00 bits per heavy atom. The van der Waals surface area contributed by atoms with Gasteiger partial charge in [0, 0.05) is 43.1 Å². The number of aromatic nitrogens is 4. The van der Waals surface area contributed by atoms with Gasteiger partial charge in [0.15, 0.2) is 5.82 Å². The zero-order valence-electron chi connectivity index (χ0n) is 19.5. The highest BCUT2D eigenvalue weighted by molar-refractivity contribution is 6.03. The van der Waals surface area contributed by atoms with Crippen LogP contribution in [0.3, 0.4) is 0 Å². The molecule has 8 nitrogen and oxygen atoms in total. The van der Waals surface area contributed by atoms with Crippen molar-refractivity contribution in [2.45, 2.75) is 6.55 Å². The van der Waals surface area contributed by atoms with Gasteiger partial charge in [-0.2, -0.15) is 8.78 Å². The number of alkyl halides is 2. The second-order valence-electron chi connectivity index (χ2n) is 8.57. The minimum Gasteiger partial charge on any atom is -0.369 e. The molecule has 2 aromatic heterocycles. The minimum atomic E-state index is -2.89. The van der Waals surface area contributed by atoms with Gasteiger partial charge in [0.05, 0.1) is 11.9 Å². The molecular weight excluding hydrogens is 471 g/mol. The van der Waals surface area contributed by atoms with Crippen LogP contribution in [0, 0.1) is 5.82 Å². The lowest BCUT2D eigenvalue weighted by atomic mass is 10.1. The molecule has 2 aromatic carbocycles. The summed E-state index contributed by atoms with van der Waals surface area (Å²) in [4.78, 5) is 28.4. The van der Waals surface area contributed by atoms with Crippen molar-refractivity contribution in [1.29, 1.82) is 0 Å². The molecule has 0 saturated carbocycles. The van der Waals surface area contributed by atoms with E-state index in [1.807, 2.05) is 24.3 Å². The maximum absolute atomic E-state index is 13.7. The van der Waals surface area contributed by atoms with E-state index in [0.717, 1.165) is 38.2 Å². The van der Waals surface area contributed by atoms with E-state index in [9.17, 15) is 18.0 Å². The van der Waals surface area contributed by atoms with Gasteiger partial charge in [0.1, 0.15) is 23.5 Å². The first-order valence-corrected chi connectivity index (χ1v) is 11.4. The van der Waals surface area contributed by atoms with Crippen LogP contribution in [-0.4, -0.2) is 63.6 Å². The summed E-state index contributed by atoms with van der Waals surface area (Å²) < 4.78 is 41.4. The van der Waals surface area contributed by atoms with Crippen LogP contribution in [0.1, 0.15) is 17.0 Å². The number of amides is 1. The highest BCUT2D eigenvalue weighted by Crippen LogP contribution is 2.32. The largest absolute Gasteiger partial charge is 0.369 e. The molecule has 1 aliphatic rings. The van der Waals surface area contributed by atoms with E-state index in [-0.39, 0.29) is 22.9 Å². The number of carbonyl (C=O) groups is 1. The van der Waals surface area contributed by atoms with Crippen LogP contribution < -0.4 is 10.2 Å². The molecule has 3 heterocycles. The number of hydrogen-bond acceptors (Lipinski definition) is 5. The first-order valence-electron chi connectivity index (χ1n) is 11.4. The van der Waals surface area contributed by atoms with Crippen molar-refractivity contribution in [2.24, 2.45) is 0 Å². The summed E-state index contributed by atoms with van der Waals surface area (Å²) in [5, 5.41) is 2.79. The van der Waals surface area contributed by atoms with Crippen molar-refractivity contribution < 1.29 is 18.0 Å². The Bertz CT molecular complexity index is 1340. The second kappa shape index (κ2) is 9.86. The maximum Gasteiger partial charge on any atom is 0.320 e. The molecule has 11 heteroatoms. The summed E-state index contributed by atoms with van der Waals surface area (Å²) in [6.07, 6.45) is 2.27. The number of anilines is 2. The molecule has 5 rings (SSSR count). The highest BCUT2D eigenvalue weighted by atomic mass is 19.3. The molecule has 0 bridgehead atoms. The predicted octanol–water partition coefficient (Wildman–Crippen LogP) is 4.48. The van der Waals surface area contributed by atoms with Crippen molar-refractivity contribution in [3.63, 3.8) is 0 Å². The summed E-state index contributed by atoms with van der Waals surface area (Å²) in [5.41, 5.74) is 2.40. The number of nitrogens with zero attached hydrogens (tertiary/aromatic N) is 5. The highest BCUT2D eigenvalue weighted by Gasteiger charge is 2.23. The fourth-order valence-corrected chi connectivity index (χ4v) is 4.14. The van der Waals surface area contributed by atoms with Crippen LogP contribution >= 0.6 is 0 Å². The quantitative estimate of drug-likeness (QED) is 0.412. The second-order valence-corrected chi connectivity index (χ2v) is 8.57. The van der Waals surface area contributed by atoms with Crippen molar-refractivity contribution in [1.82, 2.24) is 24.4 Å². The van der Waals surface area contributed by atoms with Gasteiger partial charge in [-0.25, -0.2) is 14.4 Å². The van der Waals surface area contributed by atoms with Crippen molar-refractivity contribution in [2.75, 3.05) is 43.4 Å². The third kappa shape index (κ3) is 4.82. The average molecular weight is 496 g/mol. The number of likely N-dealkylation sites (N-methyl/N-ethyl adjacent to an activating group) is 1. The lowest BCUT2D eigenvalue weighted by molar-refractivity contribution is 0.0717. The molecule has 36 heavy (non-hydrogen) atoms. The lowest BCUT2D eigenvalue weighted by Gasteiger charge is -2.34. The third-order valence-corrected chi connectivity index (χ3v) is 6.16. The zero-order chi connectivity index (χ0) is 25.2. The van der Waals surface area contributed by atoms with E-state index in [4.69, 9.17) is 0 Å². The minimum absolute atomic E-state index is 0.00723. The maximum atomic E-state index is 13.7. The van der Waals surface area contributed by atoms with E-state index in [0.29, 0.717) is 15.8 Å². The fourth-order valence-electron chi connectivity index (χ4n) is 4.14. The number of aromatic amines is 1. The first-order chi connectivity index (χ1) is 17.4. The van der Waals surface area contributed by atoms with Gasteiger partial charge in [0.25, 0.3) is 5.91 Å². The van der Waals surface area contributed by atoms with Crippen LogP contribution in [0.2, 0.25) is 0 Å². The Labute approximate surface area is 205 Å². The monoisotopic (exact) mass is 495 g/mol. The molecule has 2 N–H and O–H groups in total. The van der Waals surface area contributed by atoms with Crippen LogP contribution in [0.4, 0.5) is 24.5 Å². The Morgan fingerprint density at radius 3 is 2.36 bits per heavy atom. The molecule has 1 saturated heterocycles. The standard InChI is InChI=1S/C25H24F3N7O/c1-33-10-12-34(13-11-33)19-8-6-18(7-9-19)31-24(36)20-14-29-23(32-20)22-21(30-15-35(22)25(27)28)16-2-4-17(26)5-3-16/h2-9,14-15,25H,10-13H2,1H3,(H,29,32)(H,31,36). The van der Waals surface area contributed by atoms with Gasteiger partial charge in [-0.05, 0) is 55.6 Å². The molecule has 1 fully saturated rings. The fraction of sp³-hybridized carbons (Fsp3) is 0.240. The summed E-state index contributed by atoms with van der Waals surface area (Å²) >= 11 is 0. The number of imidazole rings is 2. The molecule has 4 aromatic rings. The SMILES string of the molecule is CN1CCN(c2ccc(NC(=O)c3cnc(-c4c(-c5ccc(F)cc5)ncn4C(F)F)[nH]3)cc2)CC1. The lowest BCUT2D eigenvalue weighted by Crippen LogP contribution is -2.44. The number of hydrogen-bond donors (Lipinski definition) is 2. The number of carbonyl (C=O) groups excluding carboxylic acids is 1.